The van der Waals surface area contributed by atoms with E-state index in [-0.39, 0.29) is 0 Å². The first kappa shape index (κ1) is 13.0. The number of nitrogens with two attached hydrogens (primary N) is 1. The highest BCUT2D eigenvalue weighted by atomic mass is 79.9. The summed E-state index contributed by atoms with van der Waals surface area (Å²) in [5.74, 6) is 2.45. The smallest absolute Gasteiger partial charge is 0.137 e. The van der Waals surface area contributed by atoms with Gasteiger partial charge in [-0.3, -0.25) is 5.10 Å². The lowest BCUT2D eigenvalue weighted by atomic mass is 9.90. The van der Waals surface area contributed by atoms with Crippen molar-refractivity contribution in [3.63, 3.8) is 0 Å². The summed E-state index contributed by atoms with van der Waals surface area (Å²) in [5.41, 5.74) is 10.4. The van der Waals surface area contributed by atoms with E-state index < -0.39 is 0 Å². The fraction of sp³-hybridized carbons (Fsp3) is 0.400. The number of nitrogens with zero attached hydrogens (tertiary/aromatic N) is 1. The lowest BCUT2D eigenvalue weighted by molar-refractivity contribution is 0.272. The minimum absolute atomic E-state index is 0.571. The minimum Gasteiger partial charge on any atom is -0.493 e. The summed E-state index contributed by atoms with van der Waals surface area (Å²) in [6.45, 7) is 1.50. The lowest BCUT2D eigenvalue weighted by Gasteiger charge is -2.29. The van der Waals surface area contributed by atoms with Crippen molar-refractivity contribution < 1.29 is 9.47 Å². The standard InChI is InChI=1S/C15H16BrN3O2/c16-12-9-4-2-5-20-13(9)11(10-7-18-19-15(10)17)8-3-1-6-21-14(8)12/h7H,1-6H2,(H3,17,18,19). The van der Waals surface area contributed by atoms with Crippen LogP contribution in [0.25, 0.3) is 11.1 Å². The molecule has 3 heterocycles. The number of benzene rings is 1. The summed E-state index contributed by atoms with van der Waals surface area (Å²) < 4.78 is 13.0. The van der Waals surface area contributed by atoms with Gasteiger partial charge in [-0.25, -0.2) is 0 Å². The van der Waals surface area contributed by atoms with E-state index in [1.54, 1.807) is 6.20 Å². The number of ether oxygens (including phenoxy) is 2. The summed E-state index contributed by atoms with van der Waals surface area (Å²) in [6.07, 6.45) is 5.74. The number of nitrogens with one attached hydrogen (secondary N) is 1. The number of fused-ring (bicyclic) bond motifs is 2. The quantitative estimate of drug-likeness (QED) is 0.829. The number of hydrogen-bond donors (Lipinski definition) is 2. The zero-order chi connectivity index (χ0) is 14.4. The minimum atomic E-state index is 0.571. The molecule has 4 rings (SSSR count). The van der Waals surface area contributed by atoms with Crippen molar-refractivity contribution >= 4 is 21.7 Å². The largest absolute Gasteiger partial charge is 0.493 e. The Morgan fingerprint density at radius 2 is 1.81 bits per heavy atom. The molecule has 0 unspecified atom stereocenters. The van der Waals surface area contributed by atoms with Gasteiger partial charge in [-0.15, -0.1) is 0 Å². The van der Waals surface area contributed by atoms with Crippen molar-refractivity contribution in [1.82, 2.24) is 10.2 Å². The van der Waals surface area contributed by atoms with Gasteiger partial charge in [-0.05, 0) is 41.6 Å². The Hall–Kier alpha value is -1.69. The molecule has 0 amide bonds. The third-order valence-corrected chi connectivity index (χ3v) is 4.95. The molecule has 2 aromatic rings. The second-order valence-electron chi connectivity index (χ2n) is 5.41. The average molecular weight is 350 g/mol. The molecule has 0 saturated carbocycles. The Labute approximate surface area is 130 Å². The summed E-state index contributed by atoms with van der Waals surface area (Å²) in [5, 5.41) is 6.88. The molecule has 0 saturated heterocycles. The number of H-pyrrole nitrogens is 1. The molecule has 0 spiro atoms. The van der Waals surface area contributed by atoms with Gasteiger partial charge in [0.15, 0.2) is 0 Å². The molecule has 110 valence electrons. The first-order valence-electron chi connectivity index (χ1n) is 7.19. The second-order valence-corrected chi connectivity index (χ2v) is 6.20. The Balaban J connectivity index is 2.06. The molecule has 3 N–H and O–H groups in total. The predicted octanol–water partition coefficient (Wildman–Crippen LogP) is 3.07. The zero-order valence-electron chi connectivity index (χ0n) is 11.5. The maximum Gasteiger partial charge on any atom is 0.137 e. The fourth-order valence-electron chi connectivity index (χ4n) is 3.17. The lowest BCUT2D eigenvalue weighted by Crippen LogP contribution is -2.16. The van der Waals surface area contributed by atoms with Crippen molar-refractivity contribution in [3.05, 3.63) is 21.8 Å². The molecule has 6 heteroatoms. The van der Waals surface area contributed by atoms with Crippen LogP contribution >= 0.6 is 15.9 Å². The molecule has 5 nitrogen and oxygen atoms in total. The van der Waals surface area contributed by atoms with Crippen molar-refractivity contribution in [1.29, 1.82) is 0 Å². The van der Waals surface area contributed by atoms with Crippen molar-refractivity contribution in [2.24, 2.45) is 0 Å². The van der Waals surface area contributed by atoms with Crippen molar-refractivity contribution in [2.75, 3.05) is 18.9 Å². The van der Waals surface area contributed by atoms with E-state index in [0.717, 1.165) is 66.0 Å². The van der Waals surface area contributed by atoms with Crippen molar-refractivity contribution in [3.8, 4) is 22.6 Å². The highest BCUT2D eigenvalue weighted by Crippen LogP contribution is 2.50. The van der Waals surface area contributed by atoms with Crippen LogP contribution in [0.4, 0.5) is 5.82 Å². The maximum absolute atomic E-state index is 6.05. The molecule has 1 aromatic heterocycles. The second kappa shape index (κ2) is 4.94. The van der Waals surface area contributed by atoms with Crippen molar-refractivity contribution in [2.45, 2.75) is 25.7 Å². The Morgan fingerprint density at radius 1 is 1.10 bits per heavy atom. The van der Waals surface area contributed by atoms with Gasteiger partial charge in [0, 0.05) is 22.3 Å². The Bertz CT molecular complexity index is 674. The van der Waals surface area contributed by atoms with Gasteiger partial charge in [-0.1, -0.05) is 0 Å². The number of anilines is 1. The average Bonchev–Trinajstić information content (AvgIpc) is 2.94. The van der Waals surface area contributed by atoms with E-state index in [0.29, 0.717) is 5.82 Å². The van der Waals surface area contributed by atoms with Gasteiger partial charge in [-0.2, -0.15) is 5.10 Å². The van der Waals surface area contributed by atoms with Gasteiger partial charge in [0.25, 0.3) is 0 Å². The van der Waals surface area contributed by atoms with E-state index in [1.165, 1.54) is 11.1 Å². The molecule has 0 bridgehead atoms. The summed E-state index contributed by atoms with van der Waals surface area (Å²) in [6, 6.07) is 0. The zero-order valence-corrected chi connectivity index (χ0v) is 13.1. The van der Waals surface area contributed by atoms with Crippen LogP contribution in [-0.4, -0.2) is 23.4 Å². The van der Waals surface area contributed by atoms with Crippen LogP contribution in [0, 0.1) is 0 Å². The topological polar surface area (TPSA) is 73.2 Å². The summed E-state index contributed by atoms with van der Waals surface area (Å²) in [4.78, 5) is 0. The molecule has 0 fully saturated rings. The Morgan fingerprint density at radius 3 is 2.52 bits per heavy atom. The molecular weight excluding hydrogens is 334 g/mol. The van der Waals surface area contributed by atoms with Gasteiger partial charge >= 0.3 is 0 Å². The fourth-order valence-corrected chi connectivity index (χ4v) is 3.90. The third kappa shape index (κ3) is 1.92. The highest BCUT2D eigenvalue weighted by molar-refractivity contribution is 9.10. The predicted molar refractivity (Wildman–Crippen MR) is 83.8 cm³/mol. The van der Waals surface area contributed by atoms with Crippen LogP contribution in [0.3, 0.4) is 0 Å². The van der Waals surface area contributed by atoms with Crippen LogP contribution in [-0.2, 0) is 12.8 Å². The van der Waals surface area contributed by atoms with Gasteiger partial charge in [0.2, 0.25) is 0 Å². The maximum atomic E-state index is 6.05. The molecule has 2 aliphatic heterocycles. The van der Waals surface area contributed by atoms with Gasteiger partial charge < -0.3 is 15.2 Å². The summed E-state index contributed by atoms with van der Waals surface area (Å²) >= 11 is 3.71. The highest BCUT2D eigenvalue weighted by Gasteiger charge is 2.30. The number of aromatic nitrogens is 2. The van der Waals surface area contributed by atoms with Crippen LogP contribution in [0.1, 0.15) is 24.0 Å². The number of rotatable bonds is 1. The third-order valence-electron chi connectivity index (χ3n) is 4.11. The SMILES string of the molecule is Nc1[nH]ncc1-c1c2c(c(Br)c3c1OCCC3)OCCC2. The molecular formula is C15H16BrN3O2. The first-order valence-corrected chi connectivity index (χ1v) is 7.98. The number of nitrogen functional groups attached to an aromatic ring is 1. The molecule has 21 heavy (non-hydrogen) atoms. The molecule has 2 aliphatic rings. The van der Waals surface area contributed by atoms with E-state index in [9.17, 15) is 0 Å². The monoisotopic (exact) mass is 349 g/mol. The van der Waals surface area contributed by atoms with Crippen LogP contribution < -0.4 is 15.2 Å². The van der Waals surface area contributed by atoms with E-state index in [4.69, 9.17) is 15.2 Å². The van der Waals surface area contributed by atoms with Crippen LogP contribution in [0.5, 0.6) is 11.5 Å². The number of hydrogen-bond acceptors (Lipinski definition) is 4. The summed E-state index contributed by atoms with van der Waals surface area (Å²) in [7, 11) is 0. The first-order chi connectivity index (χ1) is 10.3. The normalized spacial score (nSPS) is 16.6. The molecule has 1 aromatic carbocycles. The number of aromatic amines is 1. The van der Waals surface area contributed by atoms with Gasteiger partial charge in [0.1, 0.15) is 17.3 Å². The number of halogens is 1. The molecule has 0 radical (unpaired) electrons. The van der Waals surface area contributed by atoms with Gasteiger partial charge in [0.05, 0.1) is 23.9 Å². The van der Waals surface area contributed by atoms with E-state index in [1.807, 2.05) is 0 Å². The molecule has 0 aliphatic carbocycles. The molecule has 0 atom stereocenters. The van der Waals surface area contributed by atoms with E-state index in [2.05, 4.69) is 26.1 Å². The van der Waals surface area contributed by atoms with Crippen LogP contribution in [0.15, 0.2) is 10.7 Å². The van der Waals surface area contributed by atoms with Crippen LogP contribution in [0.2, 0.25) is 0 Å². The Kier molecular flexibility index (Phi) is 3.06. The van der Waals surface area contributed by atoms with E-state index >= 15 is 0 Å².